The van der Waals surface area contributed by atoms with E-state index < -0.39 is 0 Å². The first-order valence-corrected chi connectivity index (χ1v) is 6.64. The predicted molar refractivity (Wildman–Crippen MR) is 79.8 cm³/mol. The second-order valence-electron chi connectivity index (χ2n) is 4.84. The lowest BCUT2D eigenvalue weighted by molar-refractivity contribution is -0.117. The third kappa shape index (κ3) is 3.35. The maximum absolute atomic E-state index is 11.3. The molecule has 0 aliphatic carbocycles. The summed E-state index contributed by atoms with van der Waals surface area (Å²) in [5, 5.41) is 7.38. The summed E-state index contributed by atoms with van der Waals surface area (Å²) in [6.07, 6.45) is 2.01. The molecular formula is C16H19N3O. The van der Waals surface area contributed by atoms with Gasteiger partial charge in [0.05, 0.1) is 11.4 Å². The van der Waals surface area contributed by atoms with Crippen molar-refractivity contribution in [2.24, 2.45) is 0 Å². The van der Waals surface area contributed by atoms with Crippen LogP contribution in [0.1, 0.15) is 18.3 Å². The number of hydrogen-bond acceptors (Lipinski definition) is 2. The molecular weight excluding hydrogens is 250 g/mol. The van der Waals surface area contributed by atoms with Crippen molar-refractivity contribution in [3.05, 3.63) is 60.4 Å². The zero-order chi connectivity index (χ0) is 14.5. The average Bonchev–Trinajstić information content (AvgIpc) is 2.80. The molecule has 0 unspecified atom stereocenters. The van der Waals surface area contributed by atoms with Crippen molar-refractivity contribution in [3.8, 4) is 5.69 Å². The molecule has 0 saturated heterocycles. The molecule has 0 saturated carbocycles. The van der Waals surface area contributed by atoms with Crippen molar-refractivity contribution in [1.82, 2.24) is 15.1 Å². The van der Waals surface area contributed by atoms with E-state index in [0.717, 1.165) is 23.5 Å². The number of para-hydroxylation sites is 1. The van der Waals surface area contributed by atoms with E-state index in [2.05, 4.69) is 17.0 Å². The maximum atomic E-state index is 11.3. The Morgan fingerprint density at radius 1 is 1.45 bits per heavy atom. The minimum absolute atomic E-state index is 0.0269. The van der Waals surface area contributed by atoms with Crippen LogP contribution in [0.2, 0.25) is 0 Å². The monoisotopic (exact) mass is 269 g/mol. The molecule has 0 aliphatic heterocycles. The third-order valence-electron chi connectivity index (χ3n) is 3.00. The summed E-state index contributed by atoms with van der Waals surface area (Å²) in [7, 11) is 0. The molecule has 0 spiro atoms. The number of carbonyl (C=O) groups is 1. The van der Waals surface area contributed by atoms with E-state index in [1.807, 2.05) is 54.9 Å². The van der Waals surface area contributed by atoms with Gasteiger partial charge in [-0.05, 0) is 38.1 Å². The van der Waals surface area contributed by atoms with Crippen LogP contribution in [0.5, 0.6) is 0 Å². The van der Waals surface area contributed by atoms with Crippen LogP contribution in [0.4, 0.5) is 0 Å². The minimum Gasteiger partial charge on any atom is -0.350 e. The van der Waals surface area contributed by atoms with E-state index in [1.54, 1.807) is 0 Å². The van der Waals surface area contributed by atoms with E-state index in [0.29, 0.717) is 0 Å². The van der Waals surface area contributed by atoms with E-state index >= 15 is 0 Å². The molecule has 104 valence electrons. The summed E-state index contributed by atoms with van der Waals surface area (Å²) in [6, 6.07) is 12.1. The van der Waals surface area contributed by atoms with Crippen molar-refractivity contribution in [3.63, 3.8) is 0 Å². The lowest BCUT2D eigenvalue weighted by Crippen LogP contribution is -2.33. The van der Waals surface area contributed by atoms with Crippen LogP contribution < -0.4 is 5.32 Å². The quantitative estimate of drug-likeness (QED) is 0.847. The van der Waals surface area contributed by atoms with Crippen LogP contribution in [0.25, 0.3) is 5.69 Å². The van der Waals surface area contributed by atoms with Crippen LogP contribution >= 0.6 is 0 Å². The normalized spacial score (nSPS) is 11.9. The summed E-state index contributed by atoms with van der Waals surface area (Å²) in [6.45, 7) is 7.40. The Kier molecular flexibility index (Phi) is 4.35. The van der Waals surface area contributed by atoms with Gasteiger partial charge in [-0.25, -0.2) is 4.68 Å². The summed E-state index contributed by atoms with van der Waals surface area (Å²) >= 11 is 0. The topological polar surface area (TPSA) is 46.9 Å². The minimum atomic E-state index is -0.153. The number of nitrogens with zero attached hydrogens (tertiary/aromatic N) is 2. The zero-order valence-electron chi connectivity index (χ0n) is 11.8. The smallest absolute Gasteiger partial charge is 0.243 e. The first-order valence-electron chi connectivity index (χ1n) is 6.64. The molecule has 4 nitrogen and oxygen atoms in total. The molecule has 1 aromatic heterocycles. The highest BCUT2D eigenvalue weighted by atomic mass is 16.1. The number of hydrogen-bond donors (Lipinski definition) is 1. The lowest BCUT2D eigenvalue weighted by atomic mass is 10.1. The van der Waals surface area contributed by atoms with E-state index in [1.165, 1.54) is 6.08 Å². The molecule has 0 fully saturated rings. The molecule has 1 N–H and O–H groups in total. The van der Waals surface area contributed by atoms with Gasteiger partial charge in [-0.1, -0.05) is 24.8 Å². The van der Waals surface area contributed by atoms with Crippen LogP contribution in [0.15, 0.2) is 49.1 Å². The average molecular weight is 269 g/mol. The van der Waals surface area contributed by atoms with Crippen molar-refractivity contribution in [2.75, 3.05) is 0 Å². The Balaban J connectivity index is 2.20. The van der Waals surface area contributed by atoms with Crippen LogP contribution in [-0.4, -0.2) is 21.7 Å². The second kappa shape index (κ2) is 6.19. The van der Waals surface area contributed by atoms with Gasteiger partial charge in [-0.15, -0.1) is 0 Å². The predicted octanol–water partition coefficient (Wildman–Crippen LogP) is 2.41. The van der Waals surface area contributed by atoms with Crippen molar-refractivity contribution < 1.29 is 4.79 Å². The lowest BCUT2D eigenvalue weighted by Gasteiger charge is -2.14. The Morgan fingerprint density at radius 3 is 2.80 bits per heavy atom. The van der Waals surface area contributed by atoms with Gasteiger partial charge in [0.2, 0.25) is 5.91 Å². The van der Waals surface area contributed by atoms with Gasteiger partial charge in [-0.2, -0.15) is 5.10 Å². The molecule has 4 heteroatoms. The number of benzene rings is 1. The SMILES string of the molecule is C=CC(=O)N[C@H](C)Cc1cc(C)nn1-c1ccccc1. The van der Waals surface area contributed by atoms with Gasteiger partial charge < -0.3 is 5.32 Å². The largest absolute Gasteiger partial charge is 0.350 e. The number of rotatable bonds is 5. The van der Waals surface area contributed by atoms with Crippen LogP contribution in [-0.2, 0) is 11.2 Å². The highest BCUT2D eigenvalue weighted by Gasteiger charge is 2.12. The number of aromatic nitrogens is 2. The third-order valence-corrected chi connectivity index (χ3v) is 3.00. The Hall–Kier alpha value is -2.36. The van der Waals surface area contributed by atoms with Gasteiger partial charge in [0.25, 0.3) is 0 Å². The first-order chi connectivity index (χ1) is 9.60. The summed E-state index contributed by atoms with van der Waals surface area (Å²) in [5.41, 5.74) is 3.06. The molecule has 1 atom stereocenters. The fourth-order valence-corrected chi connectivity index (χ4v) is 2.16. The zero-order valence-corrected chi connectivity index (χ0v) is 11.8. The standard InChI is InChI=1S/C16H19N3O/c1-4-16(20)17-12(2)10-15-11-13(3)18-19(15)14-8-6-5-7-9-14/h4-9,11-12H,1,10H2,2-3H3,(H,17,20)/t12-/m1/s1. The number of aryl methyl sites for hydroxylation is 1. The summed E-state index contributed by atoms with van der Waals surface area (Å²) in [5.74, 6) is -0.153. The molecule has 2 aromatic rings. The maximum Gasteiger partial charge on any atom is 0.243 e. The summed E-state index contributed by atoms with van der Waals surface area (Å²) in [4.78, 5) is 11.3. The van der Waals surface area contributed by atoms with Gasteiger partial charge in [0, 0.05) is 18.2 Å². The molecule has 2 rings (SSSR count). The Labute approximate surface area is 119 Å². The molecule has 0 aliphatic rings. The van der Waals surface area contributed by atoms with Gasteiger partial charge in [0.1, 0.15) is 0 Å². The molecule has 0 radical (unpaired) electrons. The van der Waals surface area contributed by atoms with Crippen molar-refractivity contribution in [2.45, 2.75) is 26.3 Å². The molecule has 1 heterocycles. The number of carbonyl (C=O) groups excluding carboxylic acids is 1. The van der Waals surface area contributed by atoms with E-state index in [4.69, 9.17) is 0 Å². The summed E-state index contributed by atoms with van der Waals surface area (Å²) < 4.78 is 1.92. The molecule has 1 aromatic carbocycles. The van der Waals surface area contributed by atoms with Gasteiger partial charge in [0.15, 0.2) is 0 Å². The molecule has 1 amide bonds. The Morgan fingerprint density at radius 2 is 2.15 bits per heavy atom. The van der Waals surface area contributed by atoms with Gasteiger partial charge in [-0.3, -0.25) is 4.79 Å². The first kappa shape index (κ1) is 14.1. The fraction of sp³-hybridized carbons (Fsp3) is 0.250. The van der Waals surface area contributed by atoms with Crippen LogP contribution in [0.3, 0.4) is 0 Å². The van der Waals surface area contributed by atoms with Crippen LogP contribution in [0, 0.1) is 6.92 Å². The van der Waals surface area contributed by atoms with E-state index in [-0.39, 0.29) is 11.9 Å². The molecule has 20 heavy (non-hydrogen) atoms. The fourth-order valence-electron chi connectivity index (χ4n) is 2.16. The van der Waals surface area contributed by atoms with Gasteiger partial charge >= 0.3 is 0 Å². The Bertz CT molecular complexity index is 601. The second-order valence-corrected chi connectivity index (χ2v) is 4.84. The van der Waals surface area contributed by atoms with E-state index in [9.17, 15) is 4.79 Å². The number of nitrogens with one attached hydrogen (secondary N) is 1. The van der Waals surface area contributed by atoms with Crippen molar-refractivity contribution >= 4 is 5.91 Å². The van der Waals surface area contributed by atoms with Crippen molar-refractivity contribution in [1.29, 1.82) is 0 Å². The number of amides is 1. The molecule has 0 bridgehead atoms. The highest BCUT2D eigenvalue weighted by Crippen LogP contribution is 2.14. The highest BCUT2D eigenvalue weighted by molar-refractivity contribution is 5.87.